The fraction of sp³-hybridized carbons (Fsp3) is 0.429. The summed E-state index contributed by atoms with van der Waals surface area (Å²) in [6.07, 6.45) is 2.54. The third-order valence-electron chi connectivity index (χ3n) is 6.94. The summed E-state index contributed by atoms with van der Waals surface area (Å²) >= 11 is 0. The van der Waals surface area contributed by atoms with Gasteiger partial charge in [0.15, 0.2) is 0 Å². The van der Waals surface area contributed by atoms with Crippen LogP contribution in [0.5, 0.6) is 0 Å². The van der Waals surface area contributed by atoms with Gasteiger partial charge >= 0.3 is 0 Å². The third kappa shape index (κ3) is 5.11. The molecule has 2 atom stereocenters. The molecule has 2 heterocycles. The van der Waals surface area contributed by atoms with Crippen LogP contribution in [0.4, 0.5) is 0 Å². The number of pyridine rings is 1. The quantitative estimate of drug-likeness (QED) is 0.498. The summed E-state index contributed by atoms with van der Waals surface area (Å²) in [6.45, 7) is 9.24. The van der Waals surface area contributed by atoms with E-state index in [2.05, 4.69) is 13.8 Å². The van der Waals surface area contributed by atoms with Crippen molar-refractivity contribution in [2.45, 2.75) is 51.6 Å². The Morgan fingerprint density at radius 3 is 2.31 bits per heavy atom. The molecule has 8 heteroatoms. The van der Waals surface area contributed by atoms with Crippen molar-refractivity contribution in [1.82, 2.24) is 13.8 Å². The van der Waals surface area contributed by atoms with E-state index in [1.807, 2.05) is 44.2 Å². The van der Waals surface area contributed by atoms with Gasteiger partial charge in [0.05, 0.1) is 10.4 Å². The van der Waals surface area contributed by atoms with Crippen molar-refractivity contribution in [1.29, 1.82) is 0 Å². The van der Waals surface area contributed by atoms with Crippen molar-refractivity contribution in [3.63, 3.8) is 0 Å². The van der Waals surface area contributed by atoms with E-state index in [-0.39, 0.29) is 39.6 Å². The highest BCUT2D eigenvalue weighted by atomic mass is 32.2. The largest absolute Gasteiger partial charge is 0.350 e. The Morgan fingerprint density at radius 1 is 1.06 bits per heavy atom. The van der Waals surface area contributed by atoms with Gasteiger partial charge < -0.3 is 9.47 Å². The smallest absolute Gasteiger partial charge is 0.259 e. The molecule has 2 unspecified atom stereocenters. The first-order valence-electron chi connectivity index (χ1n) is 12.5. The summed E-state index contributed by atoms with van der Waals surface area (Å²) in [4.78, 5) is 28.9. The average molecular weight is 510 g/mol. The van der Waals surface area contributed by atoms with E-state index in [1.54, 1.807) is 34.8 Å². The highest BCUT2D eigenvalue weighted by molar-refractivity contribution is 7.89. The van der Waals surface area contributed by atoms with Crippen molar-refractivity contribution < 1.29 is 13.2 Å². The van der Waals surface area contributed by atoms with E-state index >= 15 is 0 Å². The molecule has 1 fully saturated rings. The SMILES string of the molecule is CC1CC(C)CN(S(=O)(=O)c2ccc3c(c2)c(=O)c(C(=O)N(Cc2ccccc2)C(C)C)cn3C)C1. The first-order valence-corrected chi connectivity index (χ1v) is 13.9. The number of hydrogen-bond donors (Lipinski definition) is 0. The van der Waals surface area contributed by atoms with Gasteiger partial charge in [-0.1, -0.05) is 44.2 Å². The molecule has 1 aromatic heterocycles. The number of sulfonamides is 1. The number of amides is 1. The van der Waals surface area contributed by atoms with Gasteiger partial charge in [-0.25, -0.2) is 8.42 Å². The molecule has 36 heavy (non-hydrogen) atoms. The maximum absolute atomic E-state index is 13.6. The molecule has 1 amide bonds. The number of aromatic nitrogens is 1. The maximum atomic E-state index is 13.6. The molecule has 0 spiro atoms. The van der Waals surface area contributed by atoms with Crippen LogP contribution < -0.4 is 5.43 Å². The molecule has 3 aromatic rings. The van der Waals surface area contributed by atoms with Crippen LogP contribution in [0, 0.1) is 11.8 Å². The zero-order valence-electron chi connectivity index (χ0n) is 21.6. The lowest BCUT2D eigenvalue weighted by Crippen LogP contribution is -2.42. The minimum Gasteiger partial charge on any atom is -0.350 e. The molecule has 1 aliphatic rings. The minimum atomic E-state index is -3.76. The standard InChI is InChI=1S/C28H35N3O4S/c1-19(2)31(17-22-9-7-6-8-10-22)28(33)25-18-29(5)26-12-11-23(14-24(26)27(25)32)36(34,35)30-15-20(3)13-21(4)16-30/h6-12,14,18-21H,13,15-17H2,1-5H3. The van der Waals surface area contributed by atoms with Crippen molar-refractivity contribution >= 4 is 26.8 Å². The van der Waals surface area contributed by atoms with Crippen molar-refractivity contribution in [3.05, 3.63) is 76.1 Å². The van der Waals surface area contributed by atoms with Crippen LogP contribution in [0.15, 0.2) is 64.4 Å². The lowest BCUT2D eigenvalue weighted by molar-refractivity contribution is 0.0688. The molecule has 0 aliphatic carbocycles. The van der Waals surface area contributed by atoms with Crippen LogP contribution in [-0.2, 0) is 23.6 Å². The Balaban J connectivity index is 1.76. The van der Waals surface area contributed by atoms with Crippen molar-refractivity contribution in [3.8, 4) is 0 Å². The first-order chi connectivity index (χ1) is 17.0. The van der Waals surface area contributed by atoms with Crippen molar-refractivity contribution in [2.24, 2.45) is 18.9 Å². The lowest BCUT2D eigenvalue weighted by atomic mass is 9.94. The number of hydrogen-bond acceptors (Lipinski definition) is 4. The number of carbonyl (C=O) groups excluding carboxylic acids is 1. The van der Waals surface area contributed by atoms with Gasteiger partial charge in [0.1, 0.15) is 5.56 Å². The number of piperidine rings is 1. The lowest BCUT2D eigenvalue weighted by Gasteiger charge is -2.34. The molecular weight excluding hydrogens is 474 g/mol. The van der Waals surface area contributed by atoms with Crippen LogP contribution in [0.1, 0.15) is 50.0 Å². The number of rotatable bonds is 6. The molecule has 1 aliphatic heterocycles. The zero-order valence-corrected chi connectivity index (χ0v) is 22.5. The molecule has 0 N–H and O–H groups in total. The molecular formula is C28H35N3O4S. The number of aryl methyl sites for hydroxylation is 1. The van der Waals surface area contributed by atoms with Crippen LogP contribution in [-0.4, -0.2) is 47.2 Å². The zero-order chi connectivity index (χ0) is 26.2. The molecule has 192 valence electrons. The molecule has 1 saturated heterocycles. The minimum absolute atomic E-state index is 0.0318. The van der Waals surface area contributed by atoms with Crippen LogP contribution in [0.2, 0.25) is 0 Å². The Kier molecular flexibility index (Phi) is 7.38. The number of carbonyl (C=O) groups is 1. The fourth-order valence-electron chi connectivity index (χ4n) is 5.16. The normalized spacial score (nSPS) is 19.1. The second-order valence-corrected chi connectivity index (χ2v) is 12.4. The van der Waals surface area contributed by atoms with Crippen molar-refractivity contribution in [2.75, 3.05) is 13.1 Å². The summed E-state index contributed by atoms with van der Waals surface area (Å²) in [7, 11) is -2.00. The maximum Gasteiger partial charge on any atom is 0.259 e. The summed E-state index contributed by atoms with van der Waals surface area (Å²) in [5.41, 5.74) is 1.12. The number of fused-ring (bicyclic) bond motifs is 1. The Labute approximate surface area is 213 Å². The van der Waals surface area contributed by atoms with Crippen LogP contribution in [0.3, 0.4) is 0 Å². The topological polar surface area (TPSA) is 79.7 Å². The molecule has 7 nitrogen and oxygen atoms in total. The van der Waals surface area contributed by atoms with Gasteiger partial charge in [-0.05, 0) is 55.9 Å². The predicted molar refractivity (Wildman–Crippen MR) is 142 cm³/mol. The first kappa shape index (κ1) is 26.1. The highest BCUT2D eigenvalue weighted by Gasteiger charge is 2.32. The molecule has 0 radical (unpaired) electrons. The second-order valence-electron chi connectivity index (χ2n) is 10.4. The van der Waals surface area contributed by atoms with Gasteiger partial charge in [-0.2, -0.15) is 4.31 Å². The van der Waals surface area contributed by atoms with E-state index in [0.717, 1.165) is 12.0 Å². The summed E-state index contributed by atoms with van der Waals surface area (Å²) < 4.78 is 30.2. The van der Waals surface area contributed by atoms with Gasteiger partial charge in [0.25, 0.3) is 5.91 Å². The van der Waals surface area contributed by atoms with Gasteiger partial charge in [-0.15, -0.1) is 0 Å². The van der Waals surface area contributed by atoms with Gasteiger partial charge in [0, 0.05) is 44.3 Å². The van der Waals surface area contributed by atoms with Gasteiger partial charge in [0.2, 0.25) is 15.5 Å². The third-order valence-corrected chi connectivity index (χ3v) is 8.77. The Hall–Kier alpha value is -2.97. The van der Waals surface area contributed by atoms with E-state index in [4.69, 9.17) is 0 Å². The Morgan fingerprint density at radius 2 is 1.69 bits per heavy atom. The van der Waals surface area contributed by atoms with Crippen LogP contribution in [0.25, 0.3) is 10.9 Å². The average Bonchev–Trinajstić information content (AvgIpc) is 2.84. The number of nitrogens with zero attached hydrogens (tertiary/aromatic N) is 3. The van der Waals surface area contributed by atoms with E-state index in [9.17, 15) is 18.0 Å². The molecule has 0 saturated carbocycles. The monoisotopic (exact) mass is 509 g/mol. The second kappa shape index (κ2) is 10.2. The molecule has 0 bridgehead atoms. The van der Waals surface area contributed by atoms with E-state index < -0.39 is 15.5 Å². The molecule has 4 rings (SSSR count). The van der Waals surface area contributed by atoms with E-state index in [1.165, 1.54) is 10.4 Å². The summed E-state index contributed by atoms with van der Waals surface area (Å²) in [5.74, 6) is 0.170. The summed E-state index contributed by atoms with van der Waals surface area (Å²) in [6, 6.07) is 14.1. The highest BCUT2D eigenvalue weighted by Crippen LogP contribution is 2.28. The van der Waals surface area contributed by atoms with Gasteiger partial charge in [-0.3, -0.25) is 9.59 Å². The predicted octanol–water partition coefficient (Wildman–Crippen LogP) is 4.26. The van der Waals surface area contributed by atoms with E-state index in [0.29, 0.717) is 25.2 Å². The fourth-order valence-corrected chi connectivity index (χ4v) is 6.87. The van der Waals surface area contributed by atoms with Crippen LogP contribution >= 0.6 is 0 Å². The number of benzene rings is 2. The Bertz CT molecular complexity index is 1420. The molecule has 2 aromatic carbocycles. The summed E-state index contributed by atoms with van der Waals surface area (Å²) in [5, 5.41) is 0.228.